The zero-order valence-corrected chi connectivity index (χ0v) is 21.4. The number of benzene rings is 3. The summed E-state index contributed by atoms with van der Waals surface area (Å²) in [7, 11) is 0. The van der Waals surface area contributed by atoms with E-state index in [2.05, 4.69) is 10.6 Å². The molecule has 0 heterocycles. The van der Waals surface area contributed by atoms with Crippen LogP contribution >= 0.6 is 23.2 Å². The number of hydrogen-bond acceptors (Lipinski definition) is 5. The van der Waals surface area contributed by atoms with Crippen molar-refractivity contribution in [2.24, 2.45) is 0 Å². The average Bonchev–Trinajstić information content (AvgIpc) is 2.77. The maximum atomic E-state index is 12.6. The maximum absolute atomic E-state index is 12.6. The Morgan fingerprint density at radius 2 is 1.54 bits per heavy atom. The largest absolute Gasteiger partial charge is 0.444 e. The van der Waals surface area contributed by atoms with Crippen LogP contribution in [-0.2, 0) is 22.4 Å². The third-order valence-electron chi connectivity index (χ3n) is 4.81. The molecule has 0 spiro atoms. The molecule has 0 aliphatic rings. The molecule has 0 aromatic heterocycles. The molecule has 35 heavy (non-hydrogen) atoms. The van der Waals surface area contributed by atoms with Crippen LogP contribution in [0.4, 0.5) is 16.2 Å². The summed E-state index contributed by atoms with van der Waals surface area (Å²) in [4.78, 5) is 24.3. The smallest absolute Gasteiger partial charge is 0.407 e. The van der Waals surface area contributed by atoms with Gasteiger partial charge >= 0.3 is 12.1 Å². The highest BCUT2D eigenvalue weighted by Crippen LogP contribution is 2.33. The lowest BCUT2D eigenvalue weighted by molar-refractivity contribution is -0.133. The van der Waals surface area contributed by atoms with Crippen LogP contribution in [0.2, 0.25) is 10.0 Å². The zero-order chi connectivity index (χ0) is 25.4. The van der Waals surface area contributed by atoms with E-state index in [4.69, 9.17) is 32.7 Å². The molecular formula is C27H28Cl2N2O4. The van der Waals surface area contributed by atoms with Gasteiger partial charge in [-0.05, 0) is 68.7 Å². The van der Waals surface area contributed by atoms with Gasteiger partial charge in [-0.2, -0.15) is 0 Å². The van der Waals surface area contributed by atoms with Crippen molar-refractivity contribution in [1.82, 2.24) is 5.32 Å². The molecular weight excluding hydrogens is 487 g/mol. The Balaban J connectivity index is 1.54. The molecule has 2 N–H and O–H groups in total. The Hall–Kier alpha value is -3.22. The zero-order valence-electron chi connectivity index (χ0n) is 19.9. The van der Waals surface area contributed by atoms with Crippen LogP contribution in [0.15, 0.2) is 66.7 Å². The first-order chi connectivity index (χ1) is 16.6. The second-order valence-corrected chi connectivity index (χ2v) is 9.67. The molecule has 0 atom stereocenters. The van der Waals surface area contributed by atoms with Gasteiger partial charge in [0.15, 0.2) is 0 Å². The molecule has 0 radical (unpaired) electrons. The number of amides is 1. The first-order valence-electron chi connectivity index (χ1n) is 11.2. The molecule has 3 rings (SSSR count). The number of nitrogens with one attached hydrogen (secondary N) is 2. The standard InChI is InChI=1S/C27H28Cl2N2O4/c1-27(2,3)35-26(33)30-16-15-18-11-13-20(14-12-18)34-24(32)17-19-7-4-5-10-23(19)31-25-21(28)8-6-9-22(25)29/h4-14,31H,15-17H2,1-3H3,(H,30,33). The fourth-order valence-electron chi connectivity index (χ4n) is 3.22. The van der Waals surface area contributed by atoms with Gasteiger partial charge in [0.2, 0.25) is 0 Å². The summed E-state index contributed by atoms with van der Waals surface area (Å²) in [5, 5.41) is 6.90. The molecule has 184 valence electrons. The number of anilines is 2. The second kappa shape index (κ2) is 12.0. The summed E-state index contributed by atoms with van der Waals surface area (Å²) in [5.74, 6) is 0.0438. The molecule has 6 nitrogen and oxygen atoms in total. The summed E-state index contributed by atoms with van der Waals surface area (Å²) >= 11 is 12.5. The molecule has 1 amide bonds. The number of alkyl carbamates (subject to hydrolysis) is 1. The van der Waals surface area contributed by atoms with Crippen molar-refractivity contribution in [3.63, 3.8) is 0 Å². The first kappa shape index (κ1) is 26.4. The number of carbonyl (C=O) groups is 2. The van der Waals surface area contributed by atoms with Crippen molar-refractivity contribution in [2.45, 2.75) is 39.2 Å². The van der Waals surface area contributed by atoms with E-state index in [0.29, 0.717) is 40.1 Å². The first-order valence-corrected chi connectivity index (χ1v) is 11.9. The van der Waals surface area contributed by atoms with E-state index in [1.54, 1.807) is 30.3 Å². The van der Waals surface area contributed by atoms with Gasteiger partial charge in [-0.3, -0.25) is 4.79 Å². The van der Waals surface area contributed by atoms with E-state index in [1.807, 2.05) is 57.2 Å². The van der Waals surface area contributed by atoms with E-state index in [1.165, 1.54) is 0 Å². The molecule has 0 aliphatic carbocycles. The van der Waals surface area contributed by atoms with Crippen molar-refractivity contribution < 1.29 is 19.1 Å². The molecule has 0 bridgehead atoms. The lowest BCUT2D eigenvalue weighted by Gasteiger charge is -2.19. The number of ether oxygens (including phenoxy) is 2. The van der Waals surface area contributed by atoms with Crippen LogP contribution in [0.5, 0.6) is 5.75 Å². The fourth-order valence-corrected chi connectivity index (χ4v) is 3.71. The van der Waals surface area contributed by atoms with E-state index in [0.717, 1.165) is 11.1 Å². The Morgan fingerprint density at radius 1 is 0.886 bits per heavy atom. The lowest BCUT2D eigenvalue weighted by atomic mass is 10.1. The SMILES string of the molecule is CC(C)(C)OC(=O)NCCc1ccc(OC(=O)Cc2ccccc2Nc2c(Cl)cccc2Cl)cc1. The van der Waals surface area contributed by atoms with Gasteiger partial charge in [-0.15, -0.1) is 0 Å². The predicted octanol–water partition coefficient (Wildman–Crippen LogP) is 6.95. The maximum Gasteiger partial charge on any atom is 0.407 e. The van der Waals surface area contributed by atoms with Crippen molar-refractivity contribution in [1.29, 1.82) is 0 Å². The Bertz CT molecular complexity index is 1150. The highest BCUT2D eigenvalue weighted by Gasteiger charge is 2.16. The van der Waals surface area contributed by atoms with Gasteiger partial charge in [0.1, 0.15) is 11.4 Å². The van der Waals surface area contributed by atoms with E-state index >= 15 is 0 Å². The number of halogens is 2. The highest BCUT2D eigenvalue weighted by molar-refractivity contribution is 6.39. The minimum atomic E-state index is -0.534. The minimum absolute atomic E-state index is 0.0623. The molecule has 0 saturated heterocycles. The van der Waals surface area contributed by atoms with E-state index in [9.17, 15) is 9.59 Å². The molecule has 0 aliphatic heterocycles. The monoisotopic (exact) mass is 514 g/mol. The lowest BCUT2D eigenvalue weighted by Crippen LogP contribution is -2.33. The van der Waals surface area contributed by atoms with Crippen LogP contribution in [0.25, 0.3) is 0 Å². The third kappa shape index (κ3) is 8.50. The Labute approximate surface area is 215 Å². The minimum Gasteiger partial charge on any atom is -0.444 e. The van der Waals surface area contributed by atoms with Crippen LogP contribution in [0.1, 0.15) is 31.9 Å². The fraction of sp³-hybridized carbons (Fsp3) is 0.259. The number of para-hydroxylation sites is 2. The molecule has 0 fully saturated rings. The van der Waals surface area contributed by atoms with Crippen LogP contribution in [0, 0.1) is 0 Å². The normalized spacial score (nSPS) is 11.0. The second-order valence-electron chi connectivity index (χ2n) is 8.85. The van der Waals surface area contributed by atoms with Crippen molar-refractivity contribution in [3.05, 3.63) is 87.9 Å². The van der Waals surface area contributed by atoms with Gasteiger partial charge in [0.25, 0.3) is 0 Å². The number of esters is 1. The van der Waals surface area contributed by atoms with Crippen molar-refractivity contribution >= 4 is 46.6 Å². The van der Waals surface area contributed by atoms with Gasteiger partial charge in [0.05, 0.1) is 22.2 Å². The molecule has 0 saturated carbocycles. The Morgan fingerprint density at radius 3 is 2.20 bits per heavy atom. The predicted molar refractivity (Wildman–Crippen MR) is 140 cm³/mol. The summed E-state index contributed by atoms with van der Waals surface area (Å²) < 4.78 is 10.7. The van der Waals surface area contributed by atoms with Crippen LogP contribution in [-0.4, -0.2) is 24.2 Å². The summed E-state index contributed by atoms with van der Waals surface area (Å²) in [6.45, 7) is 5.88. The molecule has 3 aromatic carbocycles. The Kier molecular flexibility index (Phi) is 9.01. The van der Waals surface area contributed by atoms with Gasteiger partial charge in [-0.1, -0.05) is 59.6 Å². The summed E-state index contributed by atoms with van der Waals surface area (Å²) in [6.07, 6.45) is 0.235. The molecule has 8 heteroatoms. The van der Waals surface area contributed by atoms with Gasteiger partial charge in [0, 0.05) is 12.2 Å². The molecule has 3 aromatic rings. The average molecular weight is 515 g/mol. The number of rotatable bonds is 8. The van der Waals surface area contributed by atoms with Gasteiger partial charge in [-0.25, -0.2) is 4.79 Å². The number of hydrogen-bond donors (Lipinski definition) is 2. The van der Waals surface area contributed by atoms with Crippen molar-refractivity contribution in [2.75, 3.05) is 11.9 Å². The topological polar surface area (TPSA) is 76.7 Å². The van der Waals surface area contributed by atoms with E-state index in [-0.39, 0.29) is 6.42 Å². The summed E-state index contributed by atoms with van der Waals surface area (Å²) in [6, 6.07) is 19.8. The van der Waals surface area contributed by atoms with Crippen LogP contribution < -0.4 is 15.4 Å². The van der Waals surface area contributed by atoms with Crippen molar-refractivity contribution in [3.8, 4) is 5.75 Å². The quantitative estimate of drug-likeness (QED) is 0.251. The third-order valence-corrected chi connectivity index (χ3v) is 5.44. The molecule has 0 unspecified atom stereocenters. The summed E-state index contributed by atoms with van der Waals surface area (Å²) in [5.41, 5.74) is 2.50. The van der Waals surface area contributed by atoms with Gasteiger partial charge < -0.3 is 20.1 Å². The van der Waals surface area contributed by atoms with E-state index < -0.39 is 17.7 Å². The van der Waals surface area contributed by atoms with Crippen LogP contribution in [0.3, 0.4) is 0 Å². The number of carbonyl (C=O) groups excluding carboxylic acids is 2. The highest BCUT2D eigenvalue weighted by atomic mass is 35.5.